The van der Waals surface area contributed by atoms with Crippen LogP contribution in [0.1, 0.15) is 47.1 Å². The number of benzene rings is 1. The standard InChI is InChI=1S/C17H29ClN2O/c1-7-20(12-17(5,6)21)15-10-14(18)9-8-13(15)11-19-16(2,3)4/h8-10,19,21H,7,11-12H2,1-6H3. The zero-order chi connectivity index (χ0) is 16.3. The molecule has 0 aromatic heterocycles. The molecule has 0 radical (unpaired) electrons. The number of hydrogen-bond donors (Lipinski definition) is 2. The number of nitrogens with one attached hydrogen (secondary N) is 1. The molecule has 0 saturated heterocycles. The molecule has 0 heterocycles. The third-order valence-corrected chi connectivity index (χ3v) is 3.39. The Morgan fingerprint density at radius 1 is 1.19 bits per heavy atom. The van der Waals surface area contributed by atoms with Gasteiger partial charge in [-0.15, -0.1) is 0 Å². The molecule has 0 spiro atoms. The number of hydrogen-bond acceptors (Lipinski definition) is 3. The van der Waals surface area contributed by atoms with Gasteiger partial charge in [0.15, 0.2) is 0 Å². The monoisotopic (exact) mass is 312 g/mol. The summed E-state index contributed by atoms with van der Waals surface area (Å²) in [5.74, 6) is 0. The van der Waals surface area contributed by atoms with Crippen molar-refractivity contribution in [3.8, 4) is 0 Å². The molecule has 0 fully saturated rings. The van der Waals surface area contributed by atoms with Crippen LogP contribution in [0.3, 0.4) is 0 Å². The van der Waals surface area contributed by atoms with E-state index in [0.717, 1.165) is 23.8 Å². The second kappa shape index (κ2) is 6.99. The summed E-state index contributed by atoms with van der Waals surface area (Å²) in [6.45, 7) is 14.4. The number of halogens is 1. The zero-order valence-corrected chi connectivity index (χ0v) is 14.9. The summed E-state index contributed by atoms with van der Waals surface area (Å²) in [5.41, 5.74) is 1.60. The Kier molecular flexibility index (Phi) is 6.09. The van der Waals surface area contributed by atoms with Crippen molar-refractivity contribution < 1.29 is 5.11 Å². The van der Waals surface area contributed by atoms with Crippen LogP contribution in [-0.2, 0) is 6.54 Å². The van der Waals surface area contributed by atoms with Crippen molar-refractivity contribution in [2.75, 3.05) is 18.0 Å². The fourth-order valence-electron chi connectivity index (χ4n) is 2.18. The zero-order valence-electron chi connectivity index (χ0n) is 14.1. The molecule has 2 N–H and O–H groups in total. The van der Waals surface area contributed by atoms with Gasteiger partial charge in [0.2, 0.25) is 0 Å². The smallest absolute Gasteiger partial charge is 0.0765 e. The van der Waals surface area contributed by atoms with E-state index in [0.29, 0.717) is 6.54 Å². The molecule has 1 aromatic carbocycles. The molecule has 0 saturated carbocycles. The third-order valence-electron chi connectivity index (χ3n) is 3.16. The Labute approximate surface area is 134 Å². The highest BCUT2D eigenvalue weighted by molar-refractivity contribution is 6.30. The number of aliphatic hydroxyl groups is 1. The normalized spacial score (nSPS) is 12.6. The molecule has 1 aromatic rings. The van der Waals surface area contributed by atoms with Crippen molar-refractivity contribution in [2.45, 2.75) is 59.2 Å². The molecule has 0 aliphatic carbocycles. The van der Waals surface area contributed by atoms with E-state index in [1.165, 1.54) is 5.56 Å². The maximum atomic E-state index is 10.1. The molecule has 0 aliphatic rings. The van der Waals surface area contributed by atoms with E-state index in [9.17, 15) is 5.11 Å². The van der Waals surface area contributed by atoms with Gasteiger partial charge in [0.1, 0.15) is 0 Å². The lowest BCUT2D eigenvalue weighted by Crippen LogP contribution is -2.40. The van der Waals surface area contributed by atoms with E-state index in [4.69, 9.17) is 11.6 Å². The third kappa shape index (κ3) is 6.68. The van der Waals surface area contributed by atoms with E-state index >= 15 is 0 Å². The minimum atomic E-state index is -0.743. The first-order chi connectivity index (χ1) is 9.52. The van der Waals surface area contributed by atoms with Crippen molar-refractivity contribution in [3.63, 3.8) is 0 Å². The molecule has 21 heavy (non-hydrogen) atoms. The van der Waals surface area contributed by atoms with Gasteiger partial charge in [0.25, 0.3) is 0 Å². The predicted molar refractivity (Wildman–Crippen MR) is 92.2 cm³/mol. The molecule has 120 valence electrons. The molecule has 0 amide bonds. The van der Waals surface area contributed by atoms with Gasteiger partial charge in [-0.05, 0) is 59.2 Å². The number of likely N-dealkylation sites (N-methyl/N-ethyl adjacent to an activating group) is 1. The second-order valence-corrected chi connectivity index (χ2v) is 7.64. The molecule has 1 rings (SSSR count). The van der Waals surface area contributed by atoms with Gasteiger partial charge >= 0.3 is 0 Å². The minimum Gasteiger partial charge on any atom is -0.389 e. The lowest BCUT2D eigenvalue weighted by Gasteiger charge is -2.32. The largest absolute Gasteiger partial charge is 0.389 e. The van der Waals surface area contributed by atoms with Crippen LogP contribution in [0.15, 0.2) is 18.2 Å². The highest BCUT2D eigenvalue weighted by atomic mass is 35.5. The van der Waals surface area contributed by atoms with Crippen LogP contribution in [0.2, 0.25) is 5.02 Å². The number of anilines is 1. The summed E-state index contributed by atoms with van der Waals surface area (Å²) in [7, 11) is 0. The van der Waals surface area contributed by atoms with Crippen LogP contribution < -0.4 is 10.2 Å². The second-order valence-electron chi connectivity index (χ2n) is 7.20. The molecule has 3 nitrogen and oxygen atoms in total. The Hall–Kier alpha value is -0.770. The van der Waals surface area contributed by atoms with Gasteiger partial charge in [-0.25, -0.2) is 0 Å². The number of nitrogens with zero attached hydrogens (tertiary/aromatic N) is 1. The fraction of sp³-hybridized carbons (Fsp3) is 0.647. The van der Waals surface area contributed by atoms with Gasteiger partial charge in [0, 0.05) is 35.9 Å². The van der Waals surface area contributed by atoms with Crippen molar-refractivity contribution >= 4 is 17.3 Å². The molecular formula is C17H29ClN2O. The van der Waals surface area contributed by atoms with Crippen LogP contribution in [0.5, 0.6) is 0 Å². The summed E-state index contributed by atoms with van der Waals surface area (Å²) >= 11 is 6.17. The van der Waals surface area contributed by atoms with E-state index in [-0.39, 0.29) is 5.54 Å². The first-order valence-electron chi connectivity index (χ1n) is 7.52. The molecule has 0 atom stereocenters. The minimum absolute atomic E-state index is 0.0597. The van der Waals surface area contributed by atoms with Gasteiger partial charge < -0.3 is 15.3 Å². The molecule has 4 heteroatoms. The van der Waals surface area contributed by atoms with Crippen LogP contribution in [0.25, 0.3) is 0 Å². The Balaban J connectivity index is 3.04. The van der Waals surface area contributed by atoms with E-state index < -0.39 is 5.60 Å². The molecule has 0 aliphatic heterocycles. The lowest BCUT2D eigenvalue weighted by molar-refractivity contribution is 0.0875. The van der Waals surface area contributed by atoms with Crippen LogP contribution in [0.4, 0.5) is 5.69 Å². The molecule has 0 unspecified atom stereocenters. The number of rotatable bonds is 6. The highest BCUT2D eigenvalue weighted by Gasteiger charge is 2.20. The summed E-state index contributed by atoms with van der Waals surface area (Å²) < 4.78 is 0. The lowest BCUT2D eigenvalue weighted by atomic mass is 10.1. The summed E-state index contributed by atoms with van der Waals surface area (Å²) in [6.07, 6.45) is 0. The average Bonchev–Trinajstić information content (AvgIpc) is 2.32. The molecule has 0 bridgehead atoms. The molecular weight excluding hydrogens is 284 g/mol. The van der Waals surface area contributed by atoms with Crippen molar-refractivity contribution in [1.82, 2.24) is 5.32 Å². The average molecular weight is 313 g/mol. The Morgan fingerprint density at radius 3 is 2.29 bits per heavy atom. The highest BCUT2D eigenvalue weighted by Crippen LogP contribution is 2.26. The topological polar surface area (TPSA) is 35.5 Å². The summed E-state index contributed by atoms with van der Waals surface area (Å²) in [6, 6.07) is 5.96. The Morgan fingerprint density at radius 2 is 1.81 bits per heavy atom. The van der Waals surface area contributed by atoms with E-state index in [1.54, 1.807) is 0 Å². The van der Waals surface area contributed by atoms with Crippen molar-refractivity contribution in [1.29, 1.82) is 0 Å². The van der Waals surface area contributed by atoms with Crippen LogP contribution in [-0.4, -0.2) is 29.3 Å². The van der Waals surface area contributed by atoms with Gasteiger partial charge in [0.05, 0.1) is 5.60 Å². The maximum Gasteiger partial charge on any atom is 0.0765 e. The van der Waals surface area contributed by atoms with E-state index in [2.05, 4.69) is 44.0 Å². The Bertz CT molecular complexity index is 461. The van der Waals surface area contributed by atoms with E-state index in [1.807, 2.05) is 26.0 Å². The first-order valence-corrected chi connectivity index (χ1v) is 7.90. The predicted octanol–water partition coefficient (Wildman–Crippen LogP) is 3.83. The van der Waals surface area contributed by atoms with Gasteiger partial charge in [-0.3, -0.25) is 0 Å². The van der Waals surface area contributed by atoms with Crippen LogP contribution in [0, 0.1) is 0 Å². The fourth-order valence-corrected chi connectivity index (χ4v) is 2.34. The first kappa shape index (κ1) is 18.3. The van der Waals surface area contributed by atoms with Crippen molar-refractivity contribution in [2.24, 2.45) is 0 Å². The quantitative estimate of drug-likeness (QED) is 0.838. The maximum absolute atomic E-state index is 10.1. The van der Waals surface area contributed by atoms with Crippen LogP contribution >= 0.6 is 11.6 Å². The van der Waals surface area contributed by atoms with Crippen molar-refractivity contribution in [3.05, 3.63) is 28.8 Å². The van der Waals surface area contributed by atoms with Gasteiger partial charge in [-0.1, -0.05) is 17.7 Å². The summed E-state index contributed by atoms with van der Waals surface area (Å²) in [5, 5.41) is 14.3. The summed E-state index contributed by atoms with van der Waals surface area (Å²) in [4.78, 5) is 2.17. The SMILES string of the molecule is CCN(CC(C)(C)O)c1cc(Cl)ccc1CNC(C)(C)C. The van der Waals surface area contributed by atoms with Gasteiger partial charge in [-0.2, -0.15) is 0 Å².